The molecule has 1 fully saturated rings. The number of rotatable bonds is 4. The van der Waals surface area contributed by atoms with E-state index in [1.165, 1.54) is 0 Å². The van der Waals surface area contributed by atoms with Gasteiger partial charge in [0.1, 0.15) is 17.4 Å². The van der Waals surface area contributed by atoms with Gasteiger partial charge in [0.2, 0.25) is 0 Å². The number of hydrogen-bond acceptors (Lipinski definition) is 5. The SMILES string of the molecule is N#Cc1cc(CNCC2(O)CCOC2)ccn1. The number of nitrogens with one attached hydrogen (secondary N) is 1. The van der Waals surface area contributed by atoms with Crippen molar-refractivity contribution in [2.24, 2.45) is 0 Å². The second kappa shape index (κ2) is 5.23. The van der Waals surface area contributed by atoms with E-state index in [0.29, 0.717) is 38.4 Å². The Hall–Kier alpha value is -1.48. The molecule has 1 aromatic rings. The van der Waals surface area contributed by atoms with E-state index >= 15 is 0 Å². The van der Waals surface area contributed by atoms with Gasteiger partial charge in [-0.15, -0.1) is 0 Å². The van der Waals surface area contributed by atoms with Crippen molar-refractivity contribution in [3.63, 3.8) is 0 Å². The molecule has 2 heterocycles. The fourth-order valence-electron chi connectivity index (χ4n) is 1.82. The van der Waals surface area contributed by atoms with Crippen LogP contribution in [0.2, 0.25) is 0 Å². The average molecular weight is 233 g/mol. The van der Waals surface area contributed by atoms with E-state index in [9.17, 15) is 5.11 Å². The smallest absolute Gasteiger partial charge is 0.140 e. The average Bonchev–Trinajstić information content (AvgIpc) is 2.77. The zero-order valence-corrected chi connectivity index (χ0v) is 9.52. The first-order chi connectivity index (χ1) is 8.22. The molecule has 1 aromatic heterocycles. The Morgan fingerprint density at radius 1 is 1.65 bits per heavy atom. The second-order valence-corrected chi connectivity index (χ2v) is 4.29. The van der Waals surface area contributed by atoms with Crippen LogP contribution in [-0.2, 0) is 11.3 Å². The van der Waals surface area contributed by atoms with Crippen LogP contribution >= 0.6 is 0 Å². The van der Waals surface area contributed by atoms with Gasteiger partial charge in [-0.05, 0) is 17.7 Å². The van der Waals surface area contributed by atoms with Crippen molar-refractivity contribution in [1.29, 1.82) is 5.26 Å². The first-order valence-electron chi connectivity index (χ1n) is 5.58. The standard InChI is InChI=1S/C12H15N3O2/c13-6-11-5-10(1-3-15-11)7-14-8-12(16)2-4-17-9-12/h1,3,5,14,16H,2,4,7-9H2. The monoisotopic (exact) mass is 233 g/mol. The highest BCUT2D eigenvalue weighted by Crippen LogP contribution is 2.17. The highest BCUT2D eigenvalue weighted by atomic mass is 16.5. The third-order valence-corrected chi connectivity index (χ3v) is 2.80. The molecule has 5 heteroatoms. The summed E-state index contributed by atoms with van der Waals surface area (Å²) in [7, 11) is 0. The molecule has 17 heavy (non-hydrogen) atoms. The van der Waals surface area contributed by atoms with E-state index in [2.05, 4.69) is 10.3 Å². The van der Waals surface area contributed by atoms with E-state index in [0.717, 1.165) is 5.56 Å². The lowest BCUT2D eigenvalue weighted by Gasteiger charge is -2.20. The van der Waals surface area contributed by atoms with Crippen LogP contribution in [0.1, 0.15) is 17.7 Å². The summed E-state index contributed by atoms with van der Waals surface area (Å²) in [6.07, 6.45) is 2.28. The van der Waals surface area contributed by atoms with Gasteiger partial charge < -0.3 is 15.2 Å². The largest absolute Gasteiger partial charge is 0.386 e. The summed E-state index contributed by atoms with van der Waals surface area (Å²) in [6.45, 7) is 2.11. The molecule has 1 aliphatic rings. The van der Waals surface area contributed by atoms with Gasteiger partial charge >= 0.3 is 0 Å². The molecule has 0 aliphatic carbocycles. The predicted molar refractivity (Wildman–Crippen MR) is 61.0 cm³/mol. The molecule has 1 saturated heterocycles. The fraction of sp³-hybridized carbons (Fsp3) is 0.500. The van der Waals surface area contributed by atoms with Crippen LogP contribution in [0.15, 0.2) is 18.3 Å². The van der Waals surface area contributed by atoms with E-state index in [1.54, 1.807) is 12.3 Å². The first kappa shape index (κ1) is 12.0. The summed E-state index contributed by atoms with van der Waals surface area (Å²) in [5, 5.41) is 21.9. The van der Waals surface area contributed by atoms with Gasteiger partial charge in [0.05, 0.1) is 6.61 Å². The summed E-state index contributed by atoms with van der Waals surface area (Å²) in [5.41, 5.74) is 0.650. The molecule has 2 N–H and O–H groups in total. The molecule has 0 spiro atoms. The lowest BCUT2D eigenvalue weighted by molar-refractivity contribution is 0.0268. The van der Waals surface area contributed by atoms with Gasteiger partial charge in [0.25, 0.3) is 0 Å². The highest BCUT2D eigenvalue weighted by molar-refractivity contribution is 5.25. The van der Waals surface area contributed by atoms with Crippen LogP contribution in [0.3, 0.4) is 0 Å². The lowest BCUT2D eigenvalue weighted by Crippen LogP contribution is -2.40. The number of ether oxygens (including phenoxy) is 1. The van der Waals surface area contributed by atoms with Gasteiger partial charge in [-0.3, -0.25) is 0 Å². The zero-order chi connectivity index (χ0) is 12.1. The fourth-order valence-corrected chi connectivity index (χ4v) is 1.82. The summed E-state index contributed by atoms with van der Waals surface area (Å²) < 4.78 is 5.16. The van der Waals surface area contributed by atoms with Crippen LogP contribution in [-0.4, -0.2) is 35.5 Å². The Labute approximate surface area is 100 Å². The molecular weight excluding hydrogens is 218 g/mol. The first-order valence-corrected chi connectivity index (χ1v) is 5.58. The van der Waals surface area contributed by atoms with Crippen molar-refractivity contribution in [2.75, 3.05) is 19.8 Å². The van der Waals surface area contributed by atoms with Crippen molar-refractivity contribution >= 4 is 0 Å². The lowest BCUT2D eigenvalue weighted by atomic mass is 10.0. The number of pyridine rings is 1. The van der Waals surface area contributed by atoms with Gasteiger partial charge in [-0.25, -0.2) is 4.98 Å². The molecule has 0 aromatic carbocycles. The maximum absolute atomic E-state index is 10.0. The molecule has 0 radical (unpaired) electrons. The minimum Gasteiger partial charge on any atom is -0.386 e. The molecule has 0 saturated carbocycles. The molecule has 90 valence electrons. The maximum atomic E-state index is 10.0. The van der Waals surface area contributed by atoms with Crippen LogP contribution in [0.5, 0.6) is 0 Å². The molecule has 1 atom stereocenters. The summed E-state index contributed by atoms with van der Waals surface area (Å²) in [4.78, 5) is 3.90. The molecule has 0 amide bonds. The summed E-state index contributed by atoms with van der Waals surface area (Å²) in [6, 6.07) is 5.59. The minimum atomic E-state index is -0.745. The molecule has 5 nitrogen and oxygen atoms in total. The number of hydrogen-bond donors (Lipinski definition) is 2. The van der Waals surface area contributed by atoms with Crippen LogP contribution in [0.25, 0.3) is 0 Å². The van der Waals surface area contributed by atoms with Crippen molar-refractivity contribution in [2.45, 2.75) is 18.6 Å². The topological polar surface area (TPSA) is 78.2 Å². The van der Waals surface area contributed by atoms with Crippen molar-refractivity contribution < 1.29 is 9.84 Å². The third-order valence-electron chi connectivity index (χ3n) is 2.80. The van der Waals surface area contributed by atoms with Gasteiger partial charge in [0, 0.05) is 32.3 Å². The number of nitriles is 1. The van der Waals surface area contributed by atoms with E-state index < -0.39 is 5.60 Å². The Morgan fingerprint density at radius 2 is 2.53 bits per heavy atom. The molecule has 2 rings (SSSR count). The van der Waals surface area contributed by atoms with Crippen molar-refractivity contribution in [1.82, 2.24) is 10.3 Å². The zero-order valence-electron chi connectivity index (χ0n) is 9.52. The molecule has 0 bridgehead atoms. The second-order valence-electron chi connectivity index (χ2n) is 4.29. The van der Waals surface area contributed by atoms with E-state index in [-0.39, 0.29) is 0 Å². The Bertz CT molecular complexity index is 422. The number of aromatic nitrogens is 1. The minimum absolute atomic E-state index is 0.389. The van der Waals surface area contributed by atoms with Crippen molar-refractivity contribution in [3.05, 3.63) is 29.6 Å². The molecule has 1 aliphatic heterocycles. The number of aliphatic hydroxyl groups is 1. The Kier molecular flexibility index (Phi) is 3.69. The van der Waals surface area contributed by atoms with Gasteiger partial charge in [-0.1, -0.05) is 0 Å². The van der Waals surface area contributed by atoms with E-state index in [4.69, 9.17) is 10.00 Å². The molecule has 1 unspecified atom stereocenters. The summed E-state index contributed by atoms with van der Waals surface area (Å²) >= 11 is 0. The Morgan fingerprint density at radius 3 is 3.24 bits per heavy atom. The van der Waals surface area contributed by atoms with E-state index in [1.807, 2.05) is 12.1 Å². The maximum Gasteiger partial charge on any atom is 0.140 e. The van der Waals surface area contributed by atoms with Crippen LogP contribution in [0, 0.1) is 11.3 Å². The quantitative estimate of drug-likeness (QED) is 0.776. The highest BCUT2D eigenvalue weighted by Gasteiger charge is 2.31. The Balaban J connectivity index is 1.83. The van der Waals surface area contributed by atoms with Crippen molar-refractivity contribution in [3.8, 4) is 6.07 Å². The summed E-state index contributed by atoms with van der Waals surface area (Å²) in [5.74, 6) is 0. The third kappa shape index (κ3) is 3.24. The van der Waals surface area contributed by atoms with Crippen LogP contribution in [0.4, 0.5) is 0 Å². The van der Waals surface area contributed by atoms with Gasteiger partial charge in [0.15, 0.2) is 0 Å². The normalized spacial score (nSPS) is 23.5. The predicted octanol–water partition coefficient (Wildman–Crippen LogP) is 0.194. The van der Waals surface area contributed by atoms with Crippen LogP contribution < -0.4 is 5.32 Å². The molecular formula is C12H15N3O2. The van der Waals surface area contributed by atoms with Gasteiger partial charge in [-0.2, -0.15) is 5.26 Å². The number of nitrogens with zero attached hydrogens (tertiary/aromatic N) is 2.